The lowest BCUT2D eigenvalue weighted by molar-refractivity contribution is -0.379. The van der Waals surface area contributed by atoms with Gasteiger partial charge in [0.2, 0.25) is 0 Å². The highest BCUT2D eigenvalue weighted by Gasteiger charge is 2.62. The van der Waals surface area contributed by atoms with Gasteiger partial charge in [0.1, 0.15) is 0 Å². The Morgan fingerprint density at radius 3 is 1.67 bits per heavy atom. The van der Waals surface area contributed by atoms with E-state index in [2.05, 4.69) is 4.74 Å². The van der Waals surface area contributed by atoms with Crippen LogP contribution in [0.25, 0.3) is 0 Å². The van der Waals surface area contributed by atoms with Crippen LogP contribution in [-0.4, -0.2) is 23.4 Å². The van der Waals surface area contributed by atoms with Crippen LogP contribution in [0.2, 0.25) is 0 Å². The molecule has 0 aromatic heterocycles. The third kappa shape index (κ3) is 3.29. The molecule has 0 unspecified atom stereocenters. The van der Waals surface area contributed by atoms with Crippen LogP contribution in [-0.2, 0) is 9.53 Å². The van der Waals surface area contributed by atoms with E-state index in [4.69, 9.17) is 5.11 Å². The van der Waals surface area contributed by atoms with Crippen molar-refractivity contribution in [2.45, 2.75) is 12.3 Å². The zero-order chi connectivity index (χ0) is 12.4. The Morgan fingerprint density at radius 2 is 1.47 bits per heavy atom. The predicted molar refractivity (Wildman–Crippen MR) is 29.0 cm³/mol. The average Bonchev–Trinajstić information content (AvgIpc) is 1.96. The quantitative estimate of drug-likeness (QED) is 0.469. The smallest absolute Gasteiger partial charge is 0.475 e. The highest BCUT2D eigenvalue weighted by atomic mass is 19.4. The summed E-state index contributed by atoms with van der Waals surface area (Å²) >= 11 is 0. The number of aliphatic carboxylic acids is 1. The molecule has 0 aromatic rings. The second kappa shape index (κ2) is 3.95. The molecule has 0 aliphatic carbocycles. The Bertz CT molecular complexity index is 287. The van der Waals surface area contributed by atoms with Crippen LogP contribution < -0.4 is 0 Å². The zero-order valence-electron chi connectivity index (χ0n) is 6.41. The van der Waals surface area contributed by atoms with Gasteiger partial charge in [-0.25, -0.2) is 4.79 Å². The van der Waals surface area contributed by atoms with E-state index in [-0.39, 0.29) is 0 Å². The van der Waals surface area contributed by atoms with E-state index < -0.39 is 30.1 Å². The van der Waals surface area contributed by atoms with Gasteiger partial charge < -0.3 is 9.84 Å². The Morgan fingerprint density at radius 1 is 1.07 bits per heavy atom. The first-order valence-corrected chi connectivity index (χ1v) is 2.91. The largest absolute Gasteiger partial charge is 0.499 e. The monoisotopic (exact) mass is 242 g/mol. The number of rotatable bonds is 3. The van der Waals surface area contributed by atoms with E-state index in [1.807, 2.05) is 0 Å². The number of carbonyl (C=O) groups is 1. The van der Waals surface area contributed by atoms with Crippen LogP contribution in [0, 0.1) is 0 Å². The summed E-state index contributed by atoms with van der Waals surface area (Å²) in [5.74, 6) is -5.49. The lowest BCUT2D eigenvalue weighted by atomic mass is 10.5. The first-order valence-electron chi connectivity index (χ1n) is 2.91. The zero-order valence-corrected chi connectivity index (χ0v) is 6.41. The van der Waals surface area contributed by atoms with Gasteiger partial charge in [0.15, 0.2) is 0 Å². The van der Waals surface area contributed by atoms with E-state index in [9.17, 15) is 35.5 Å². The van der Waals surface area contributed by atoms with E-state index >= 15 is 0 Å². The summed E-state index contributed by atoms with van der Waals surface area (Å²) in [6.07, 6.45) is -15.6. The summed E-state index contributed by atoms with van der Waals surface area (Å²) in [6.45, 7) is 0. The molecule has 0 radical (unpaired) electrons. The van der Waals surface area contributed by atoms with Gasteiger partial charge in [-0.1, -0.05) is 0 Å². The van der Waals surface area contributed by atoms with Crippen molar-refractivity contribution in [2.75, 3.05) is 0 Å². The second-order valence-electron chi connectivity index (χ2n) is 2.01. The molecular formula is C5HF7O3. The van der Waals surface area contributed by atoms with Crippen molar-refractivity contribution in [1.82, 2.24) is 0 Å². The molecule has 0 fully saturated rings. The van der Waals surface area contributed by atoms with Gasteiger partial charge in [-0.2, -0.15) is 30.7 Å². The first-order chi connectivity index (χ1) is 6.49. The van der Waals surface area contributed by atoms with Gasteiger partial charge >= 0.3 is 24.3 Å². The highest BCUT2D eigenvalue weighted by molar-refractivity contribution is 5.84. The number of carboxylic acid groups (broad SMARTS) is 1. The maximum atomic E-state index is 11.9. The molecule has 88 valence electrons. The second-order valence-corrected chi connectivity index (χ2v) is 2.01. The van der Waals surface area contributed by atoms with Crippen LogP contribution in [0.15, 0.2) is 11.8 Å². The lowest BCUT2D eigenvalue weighted by Crippen LogP contribution is -2.39. The third-order valence-corrected chi connectivity index (χ3v) is 0.926. The number of halogens is 7. The number of hydrogen-bond acceptors (Lipinski definition) is 2. The molecule has 0 saturated heterocycles. The van der Waals surface area contributed by atoms with Gasteiger partial charge in [0.25, 0.3) is 5.76 Å². The molecule has 0 spiro atoms. The molecule has 0 aliphatic heterocycles. The normalized spacial score (nSPS) is 12.2. The minimum atomic E-state index is -6.29. The fraction of sp³-hybridized carbons (Fsp3) is 0.400. The van der Waals surface area contributed by atoms with Crippen LogP contribution >= 0.6 is 0 Å². The van der Waals surface area contributed by atoms with Gasteiger partial charge in [0.05, 0.1) is 0 Å². The summed E-state index contributed by atoms with van der Waals surface area (Å²) in [5, 5.41) is 7.81. The van der Waals surface area contributed by atoms with Crippen molar-refractivity contribution >= 4 is 5.97 Å². The molecule has 10 heteroatoms. The van der Waals surface area contributed by atoms with Gasteiger partial charge in [0, 0.05) is 0 Å². The maximum absolute atomic E-state index is 11.9. The van der Waals surface area contributed by atoms with Crippen molar-refractivity contribution in [1.29, 1.82) is 0 Å². The first kappa shape index (κ1) is 13.5. The molecule has 0 saturated carbocycles. The van der Waals surface area contributed by atoms with Gasteiger partial charge in [-0.15, -0.1) is 0 Å². The molecule has 3 nitrogen and oxygen atoms in total. The fourth-order valence-electron chi connectivity index (χ4n) is 0.349. The molecule has 0 aromatic carbocycles. The number of ether oxygens (including phenoxy) is 1. The lowest BCUT2D eigenvalue weighted by Gasteiger charge is -2.19. The molecule has 1 N–H and O–H groups in total. The van der Waals surface area contributed by atoms with E-state index in [0.29, 0.717) is 0 Å². The van der Waals surface area contributed by atoms with E-state index in [0.717, 1.165) is 0 Å². The summed E-state index contributed by atoms with van der Waals surface area (Å²) in [4.78, 5) is 9.78. The molecule has 15 heavy (non-hydrogen) atoms. The number of alkyl halides is 5. The number of hydrogen-bond donors (Lipinski definition) is 1. The maximum Gasteiger partial charge on any atom is 0.499 e. The Kier molecular flexibility index (Phi) is 3.56. The summed E-state index contributed by atoms with van der Waals surface area (Å²) in [7, 11) is 0. The van der Waals surface area contributed by atoms with Crippen LogP contribution in [0.3, 0.4) is 0 Å². The summed E-state index contributed by atoms with van der Waals surface area (Å²) in [5.41, 5.74) is 0. The van der Waals surface area contributed by atoms with Crippen molar-refractivity contribution in [3.8, 4) is 0 Å². The average molecular weight is 242 g/mol. The molecule has 0 aliphatic rings. The van der Waals surface area contributed by atoms with E-state index in [1.165, 1.54) is 0 Å². The van der Waals surface area contributed by atoms with Crippen molar-refractivity contribution in [3.63, 3.8) is 0 Å². The molecule has 0 atom stereocenters. The molecule has 0 bridgehead atoms. The number of carboxylic acids is 1. The minimum absolute atomic E-state index is 2.40. The Labute approximate surface area is 76.7 Å². The van der Waals surface area contributed by atoms with Crippen molar-refractivity contribution in [2.24, 2.45) is 0 Å². The van der Waals surface area contributed by atoms with Crippen molar-refractivity contribution in [3.05, 3.63) is 11.8 Å². The minimum Gasteiger partial charge on any atom is -0.475 e. The van der Waals surface area contributed by atoms with Crippen LogP contribution in [0.4, 0.5) is 30.7 Å². The highest BCUT2D eigenvalue weighted by Crippen LogP contribution is 2.38. The molecule has 0 rings (SSSR count). The van der Waals surface area contributed by atoms with Crippen LogP contribution in [0.5, 0.6) is 0 Å². The van der Waals surface area contributed by atoms with Crippen molar-refractivity contribution < 1.29 is 45.4 Å². The Balaban J connectivity index is 5.03. The topological polar surface area (TPSA) is 46.5 Å². The van der Waals surface area contributed by atoms with Gasteiger partial charge in [-0.3, -0.25) is 0 Å². The predicted octanol–water partition coefficient (Wildman–Crippen LogP) is 2.35. The van der Waals surface area contributed by atoms with E-state index in [1.54, 1.807) is 0 Å². The molecular weight excluding hydrogens is 241 g/mol. The van der Waals surface area contributed by atoms with Crippen LogP contribution in [0.1, 0.15) is 0 Å². The fourth-order valence-corrected chi connectivity index (χ4v) is 0.349. The SMILES string of the molecule is O=C(O)C(OC(F)(F)C(F)(F)F)=C(F)F. The summed E-state index contributed by atoms with van der Waals surface area (Å²) in [6, 6.07) is 0. The molecule has 0 amide bonds. The molecule has 0 heterocycles. The Hall–Kier alpha value is -1.48. The summed E-state index contributed by atoms with van der Waals surface area (Å²) < 4.78 is 83.5. The van der Waals surface area contributed by atoms with Gasteiger partial charge in [-0.05, 0) is 0 Å². The standard InChI is InChI=1S/C5HF7O3/c6-2(7)1(3(13)14)15-5(11,12)4(8,9)10/h(H,13,14). The third-order valence-electron chi connectivity index (χ3n) is 0.926.